The van der Waals surface area contributed by atoms with E-state index < -0.39 is 0 Å². The molecule has 4 rings (SSSR count). The van der Waals surface area contributed by atoms with Crippen LogP contribution >= 0.6 is 0 Å². The lowest BCUT2D eigenvalue weighted by Crippen LogP contribution is -2.47. The molecule has 1 aliphatic rings. The molecule has 5 nitrogen and oxygen atoms in total. The number of piperidine rings is 1. The lowest BCUT2D eigenvalue weighted by atomic mass is 10.00. The fourth-order valence-electron chi connectivity index (χ4n) is 3.95. The lowest BCUT2D eigenvalue weighted by Gasteiger charge is -2.35. The van der Waals surface area contributed by atoms with Gasteiger partial charge in [-0.05, 0) is 44.6 Å². The van der Waals surface area contributed by atoms with Gasteiger partial charge in [-0.3, -0.25) is 4.79 Å². The quantitative estimate of drug-likeness (QED) is 0.680. The molecule has 0 saturated carbocycles. The van der Waals surface area contributed by atoms with Crippen molar-refractivity contribution in [1.29, 1.82) is 0 Å². The molecule has 146 valence electrons. The van der Waals surface area contributed by atoms with Crippen molar-refractivity contribution >= 4 is 16.9 Å². The van der Waals surface area contributed by atoms with Crippen LogP contribution in [0.3, 0.4) is 0 Å². The monoisotopic (exact) mass is 378 g/mol. The smallest absolute Gasteiger partial charge is 0.290 e. The predicted molar refractivity (Wildman–Crippen MR) is 111 cm³/mol. The third-order valence-corrected chi connectivity index (χ3v) is 5.57. The van der Waals surface area contributed by atoms with Crippen LogP contribution in [0.2, 0.25) is 0 Å². The summed E-state index contributed by atoms with van der Waals surface area (Å²) in [5, 5.41) is 0.927. The average Bonchev–Trinajstić information content (AvgIpc) is 3.12. The van der Waals surface area contributed by atoms with E-state index in [0.717, 1.165) is 42.4 Å². The molecule has 0 radical (unpaired) electrons. The maximum Gasteiger partial charge on any atom is 0.290 e. The Balaban J connectivity index is 1.80. The van der Waals surface area contributed by atoms with E-state index in [1.54, 1.807) is 7.11 Å². The molecule has 1 saturated heterocycles. The van der Waals surface area contributed by atoms with Crippen LogP contribution in [-0.2, 0) is 0 Å². The number of fused-ring (bicyclic) bond motifs is 1. The number of amides is 1. The molecule has 1 atom stereocenters. The van der Waals surface area contributed by atoms with Crippen LogP contribution in [-0.4, -0.2) is 56.0 Å². The number of hydrogen-bond acceptors (Lipinski definition) is 4. The molecule has 1 aromatic heterocycles. The number of nitrogens with zero attached hydrogens (tertiary/aromatic N) is 2. The van der Waals surface area contributed by atoms with Gasteiger partial charge in [0.15, 0.2) is 0 Å². The molecule has 1 aliphatic heterocycles. The summed E-state index contributed by atoms with van der Waals surface area (Å²) in [6.07, 6.45) is 2.11. The summed E-state index contributed by atoms with van der Waals surface area (Å²) in [6, 6.07) is 16.1. The largest absolute Gasteiger partial charge is 0.497 e. The molecule has 0 N–H and O–H groups in total. The van der Waals surface area contributed by atoms with Crippen molar-refractivity contribution in [1.82, 2.24) is 9.80 Å². The number of rotatable bonds is 4. The van der Waals surface area contributed by atoms with Crippen molar-refractivity contribution in [2.24, 2.45) is 0 Å². The van der Waals surface area contributed by atoms with Gasteiger partial charge in [-0.15, -0.1) is 0 Å². The standard InChI is InChI=1S/C23H26N2O3/c1-24(2)17-10-7-13-25(15-17)23(26)22-21(16-8-5-4-6-9-16)19-12-11-18(27-3)14-20(19)28-22/h4-6,8-9,11-12,14,17H,7,10,13,15H2,1-3H3. The van der Waals surface area contributed by atoms with Crippen LogP contribution in [0.4, 0.5) is 0 Å². The predicted octanol–water partition coefficient (Wildman–Crippen LogP) is 4.27. The fraction of sp³-hybridized carbons (Fsp3) is 0.348. The SMILES string of the molecule is COc1ccc2c(-c3ccccc3)c(C(=O)N3CCCC(N(C)C)C3)oc2c1. The minimum atomic E-state index is -0.0411. The zero-order valence-corrected chi connectivity index (χ0v) is 16.6. The van der Waals surface area contributed by atoms with E-state index in [0.29, 0.717) is 23.1 Å². The number of likely N-dealkylation sites (tertiary alicyclic amines) is 1. The highest BCUT2D eigenvalue weighted by Gasteiger charge is 2.30. The van der Waals surface area contributed by atoms with Crippen LogP contribution < -0.4 is 4.74 Å². The molecular formula is C23H26N2O3. The second-order valence-corrected chi connectivity index (χ2v) is 7.55. The molecule has 0 aliphatic carbocycles. The van der Waals surface area contributed by atoms with Gasteiger partial charge in [0.05, 0.1) is 7.11 Å². The molecule has 2 heterocycles. The lowest BCUT2D eigenvalue weighted by molar-refractivity contribution is 0.0607. The van der Waals surface area contributed by atoms with E-state index in [9.17, 15) is 4.79 Å². The highest BCUT2D eigenvalue weighted by atomic mass is 16.5. The van der Waals surface area contributed by atoms with E-state index in [1.165, 1.54) is 0 Å². The van der Waals surface area contributed by atoms with Gasteiger partial charge in [0.2, 0.25) is 5.76 Å². The topological polar surface area (TPSA) is 45.9 Å². The molecular weight excluding hydrogens is 352 g/mol. The molecule has 0 spiro atoms. The van der Waals surface area contributed by atoms with Crippen LogP contribution in [0.15, 0.2) is 52.9 Å². The second kappa shape index (κ2) is 7.68. The summed E-state index contributed by atoms with van der Waals surface area (Å²) in [4.78, 5) is 17.6. The van der Waals surface area contributed by atoms with E-state index in [4.69, 9.17) is 9.15 Å². The Morgan fingerprint density at radius 2 is 1.96 bits per heavy atom. The first-order valence-electron chi connectivity index (χ1n) is 9.70. The van der Waals surface area contributed by atoms with Crippen molar-refractivity contribution in [3.05, 3.63) is 54.3 Å². The minimum Gasteiger partial charge on any atom is -0.497 e. The van der Waals surface area contributed by atoms with Crippen molar-refractivity contribution in [2.45, 2.75) is 18.9 Å². The third-order valence-electron chi connectivity index (χ3n) is 5.57. The first kappa shape index (κ1) is 18.6. The summed E-state index contributed by atoms with van der Waals surface area (Å²) in [5.41, 5.74) is 2.51. The van der Waals surface area contributed by atoms with Crippen molar-refractivity contribution < 1.29 is 13.9 Å². The molecule has 28 heavy (non-hydrogen) atoms. The molecule has 3 aromatic rings. The van der Waals surface area contributed by atoms with Gasteiger partial charge in [0, 0.05) is 36.1 Å². The van der Waals surface area contributed by atoms with Gasteiger partial charge in [0.25, 0.3) is 5.91 Å². The van der Waals surface area contributed by atoms with Crippen LogP contribution in [0.1, 0.15) is 23.4 Å². The molecule has 0 bridgehead atoms. The Hall–Kier alpha value is -2.79. The van der Waals surface area contributed by atoms with Gasteiger partial charge >= 0.3 is 0 Å². The Kier molecular flexibility index (Phi) is 5.09. The fourth-order valence-corrected chi connectivity index (χ4v) is 3.95. The number of likely N-dealkylation sites (N-methyl/N-ethyl adjacent to an activating group) is 1. The highest BCUT2D eigenvalue weighted by molar-refractivity contribution is 6.08. The van der Waals surface area contributed by atoms with Crippen molar-refractivity contribution in [3.63, 3.8) is 0 Å². The van der Waals surface area contributed by atoms with Gasteiger partial charge < -0.3 is 19.0 Å². The highest BCUT2D eigenvalue weighted by Crippen LogP contribution is 2.37. The van der Waals surface area contributed by atoms with Gasteiger partial charge in [-0.25, -0.2) is 0 Å². The number of ether oxygens (including phenoxy) is 1. The zero-order chi connectivity index (χ0) is 19.7. The van der Waals surface area contributed by atoms with E-state index >= 15 is 0 Å². The number of benzene rings is 2. The summed E-state index contributed by atoms with van der Waals surface area (Å²) >= 11 is 0. The van der Waals surface area contributed by atoms with Crippen molar-refractivity contribution in [3.8, 4) is 16.9 Å². The van der Waals surface area contributed by atoms with Crippen LogP contribution in [0.25, 0.3) is 22.1 Å². The summed E-state index contributed by atoms with van der Waals surface area (Å²) in [5.74, 6) is 1.08. The number of carbonyl (C=O) groups is 1. The van der Waals surface area contributed by atoms with Crippen LogP contribution in [0.5, 0.6) is 5.75 Å². The molecule has 2 aromatic carbocycles. The van der Waals surface area contributed by atoms with Crippen molar-refractivity contribution in [2.75, 3.05) is 34.3 Å². The molecule has 1 amide bonds. The van der Waals surface area contributed by atoms with E-state index in [-0.39, 0.29) is 5.91 Å². The second-order valence-electron chi connectivity index (χ2n) is 7.55. The Labute approximate surface area is 165 Å². The Bertz CT molecular complexity index is 978. The van der Waals surface area contributed by atoms with Gasteiger partial charge in [-0.1, -0.05) is 30.3 Å². The number of hydrogen-bond donors (Lipinski definition) is 0. The third kappa shape index (κ3) is 3.38. The summed E-state index contributed by atoms with van der Waals surface area (Å²) in [6.45, 7) is 1.48. The molecule has 5 heteroatoms. The average molecular weight is 378 g/mol. The number of carbonyl (C=O) groups excluding carboxylic acids is 1. The number of methoxy groups -OCH3 is 1. The summed E-state index contributed by atoms with van der Waals surface area (Å²) in [7, 11) is 5.77. The van der Waals surface area contributed by atoms with Gasteiger partial charge in [0.1, 0.15) is 11.3 Å². The summed E-state index contributed by atoms with van der Waals surface area (Å²) < 4.78 is 11.5. The minimum absolute atomic E-state index is 0.0411. The first-order valence-corrected chi connectivity index (χ1v) is 9.70. The molecule has 1 unspecified atom stereocenters. The van der Waals surface area contributed by atoms with Crippen LogP contribution in [0, 0.1) is 0 Å². The Morgan fingerprint density at radius 3 is 2.68 bits per heavy atom. The molecule has 1 fully saturated rings. The maximum atomic E-state index is 13.5. The Morgan fingerprint density at radius 1 is 1.18 bits per heavy atom. The van der Waals surface area contributed by atoms with E-state index in [2.05, 4.69) is 19.0 Å². The van der Waals surface area contributed by atoms with Gasteiger partial charge in [-0.2, -0.15) is 0 Å². The van der Waals surface area contributed by atoms with E-state index in [1.807, 2.05) is 53.4 Å². The normalized spacial score (nSPS) is 17.3. The maximum absolute atomic E-state index is 13.5. The zero-order valence-electron chi connectivity index (χ0n) is 16.6. The first-order chi connectivity index (χ1) is 13.6. The number of furan rings is 1.